The van der Waals surface area contributed by atoms with Crippen molar-refractivity contribution in [2.75, 3.05) is 13.1 Å². The summed E-state index contributed by atoms with van der Waals surface area (Å²) in [4.78, 5) is 11.6. The first-order valence-corrected chi connectivity index (χ1v) is 6.50. The predicted molar refractivity (Wildman–Crippen MR) is 70.7 cm³/mol. The van der Waals surface area contributed by atoms with Crippen molar-refractivity contribution >= 4 is 17.7 Å². The summed E-state index contributed by atoms with van der Waals surface area (Å²) in [5.41, 5.74) is 0.930. The highest BCUT2D eigenvalue weighted by Crippen LogP contribution is 2.10. The topological polar surface area (TPSA) is 50.4 Å². The van der Waals surface area contributed by atoms with Crippen molar-refractivity contribution in [3.63, 3.8) is 0 Å². The Morgan fingerprint density at radius 2 is 2.00 bits per heavy atom. The summed E-state index contributed by atoms with van der Waals surface area (Å²) in [6.07, 6.45) is 1.56. The van der Waals surface area contributed by atoms with Crippen LogP contribution in [0.1, 0.15) is 18.4 Å². The second-order valence-corrected chi connectivity index (χ2v) is 4.81. The number of piperidine rings is 1. The molecule has 0 unspecified atom stereocenters. The molecule has 1 amide bonds. The van der Waals surface area contributed by atoms with Crippen molar-refractivity contribution in [3.8, 4) is 0 Å². The third-order valence-corrected chi connectivity index (χ3v) is 3.20. The van der Waals surface area contributed by atoms with E-state index in [0.717, 1.165) is 31.5 Å². The van der Waals surface area contributed by atoms with Gasteiger partial charge in [0, 0.05) is 11.1 Å². The molecule has 1 fully saturated rings. The fourth-order valence-electron chi connectivity index (χ4n) is 1.90. The van der Waals surface area contributed by atoms with E-state index >= 15 is 0 Å². The van der Waals surface area contributed by atoms with Gasteiger partial charge in [0.1, 0.15) is 6.61 Å². The normalized spacial score (nSPS) is 16.3. The molecule has 2 rings (SSSR count). The lowest BCUT2D eigenvalue weighted by Gasteiger charge is -2.23. The first kappa shape index (κ1) is 13.2. The highest BCUT2D eigenvalue weighted by atomic mass is 35.5. The molecular weight excluding hydrogens is 252 g/mol. The van der Waals surface area contributed by atoms with Crippen LogP contribution in [0.3, 0.4) is 0 Å². The predicted octanol–water partition coefficient (Wildman–Crippen LogP) is 2.32. The number of amides is 1. The lowest BCUT2D eigenvalue weighted by Crippen LogP contribution is -2.42. The Labute approximate surface area is 112 Å². The quantitative estimate of drug-likeness (QED) is 0.885. The van der Waals surface area contributed by atoms with E-state index in [4.69, 9.17) is 16.3 Å². The standard InChI is InChI=1S/C13H17ClN2O2/c14-11-3-1-10(2-4-11)9-18-13(17)16-12-5-7-15-8-6-12/h1-4,12,15H,5-9H2,(H,16,17). The molecule has 0 aliphatic carbocycles. The zero-order chi connectivity index (χ0) is 12.8. The molecule has 2 N–H and O–H groups in total. The highest BCUT2D eigenvalue weighted by molar-refractivity contribution is 6.30. The van der Waals surface area contributed by atoms with Gasteiger partial charge in [0.2, 0.25) is 0 Å². The first-order valence-electron chi connectivity index (χ1n) is 6.12. The van der Waals surface area contributed by atoms with E-state index in [1.165, 1.54) is 0 Å². The summed E-state index contributed by atoms with van der Waals surface area (Å²) in [6.45, 7) is 2.16. The molecule has 18 heavy (non-hydrogen) atoms. The average molecular weight is 269 g/mol. The van der Waals surface area contributed by atoms with Crippen LogP contribution in [-0.4, -0.2) is 25.2 Å². The van der Waals surface area contributed by atoms with Gasteiger partial charge in [-0.1, -0.05) is 23.7 Å². The zero-order valence-electron chi connectivity index (χ0n) is 10.1. The third kappa shape index (κ3) is 4.20. The van der Waals surface area contributed by atoms with Crippen LogP contribution in [0.2, 0.25) is 5.02 Å². The number of benzene rings is 1. The van der Waals surface area contributed by atoms with Crippen LogP contribution >= 0.6 is 11.6 Å². The zero-order valence-corrected chi connectivity index (χ0v) is 10.9. The molecule has 1 saturated heterocycles. The minimum atomic E-state index is -0.350. The molecule has 98 valence electrons. The Morgan fingerprint density at radius 3 is 2.67 bits per heavy atom. The number of nitrogens with one attached hydrogen (secondary N) is 2. The van der Waals surface area contributed by atoms with Crippen LogP contribution in [0.25, 0.3) is 0 Å². The lowest BCUT2D eigenvalue weighted by atomic mass is 10.1. The number of hydrogen-bond acceptors (Lipinski definition) is 3. The Morgan fingerprint density at radius 1 is 1.33 bits per heavy atom. The fourth-order valence-corrected chi connectivity index (χ4v) is 2.03. The van der Waals surface area contributed by atoms with Crippen molar-refractivity contribution in [1.82, 2.24) is 10.6 Å². The fraction of sp³-hybridized carbons (Fsp3) is 0.462. The molecule has 1 aliphatic rings. The third-order valence-electron chi connectivity index (χ3n) is 2.94. The molecule has 0 spiro atoms. The van der Waals surface area contributed by atoms with Crippen LogP contribution < -0.4 is 10.6 Å². The second kappa shape index (κ2) is 6.61. The maximum absolute atomic E-state index is 11.6. The molecule has 0 radical (unpaired) electrons. The van der Waals surface area contributed by atoms with Crippen molar-refractivity contribution in [2.24, 2.45) is 0 Å². The molecule has 1 aromatic carbocycles. The Bertz CT molecular complexity index is 388. The number of ether oxygens (including phenoxy) is 1. The Kier molecular flexibility index (Phi) is 4.84. The van der Waals surface area contributed by atoms with Gasteiger partial charge in [0.05, 0.1) is 0 Å². The van der Waals surface area contributed by atoms with Crippen LogP contribution in [0, 0.1) is 0 Å². The molecule has 1 aromatic rings. The SMILES string of the molecule is O=C(NC1CCNCC1)OCc1ccc(Cl)cc1. The molecule has 5 heteroatoms. The minimum absolute atomic E-state index is 0.226. The monoisotopic (exact) mass is 268 g/mol. The van der Waals surface area contributed by atoms with E-state index in [1.807, 2.05) is 12.1 Å². The highest BCUT2D eigenvalue weighted by Gasteiger charge is 2.15. The van der Waals surface area contributed by atoms with Gasteiger partial charge in [-0.25, -0.2) is 4.79 Å². The van der Waals surface area contributed by atoms with E-state index in [9.17, 15) is 4.79 Å². The molecule has 0 atom stereocenters. The Hall–Kier alpha value is -1.26. The first-order chi connectivity index (χ1) is 8.74. The summed E-state index contributed by atoms with van der Waals surface area (Å²) in [5.74, 6) is 0. The van der Waals surface area contributed by atoms with Crippen LogP contribution in [0.4, 0.5) is 4.79 Å². The second-order valence-electron chi connectivity index (χ2n) is 4.37. The van der Waals surface area contributed by atoms with E-state index < -0.39 is 0 Å². The molecule has 0 bridgehead atoms. The molecule has 1 heterocycles. The summed E-state index contributed by atoms with van der Waals surface area (Å²) in [5, 5.41) is 6.80. The van der Waals surface area contributed by atoms with Crippen LogP contribution in [0.5, 0.6) is 0 Å². The van der Waals surface area contributed by atoms with Gasteiger partial charge in [-0.3, -0.25) is 0 Å². The van der Waals surface area contributed by atoms with E-state index in [2.05, 4.69) is 10.6 Å². The molecule has 0 saturated carbocycles. The van der Waals surface area contributed by atoms with Gasteiger partial charge < -0.3 is 15.4 Å². The number of carbonyl (C=O) groups is 1. The molecule has 0 aromatic heterocycles. The van der Waals surface area contributed by atoms with Crippen molar-refractivity contribution in [1.29, 1.82) is 0 Å². The van der Waals surface area contributed by atoms with Gasteiger partial charge in [-0.15, -0.1) is 0 Å². The Balaban J connectivity index is 1.72. The van der Waals surface area contributed by atoms with Crippen LogP contribution in [0.15, 0.2) is 24.3 Å². The maximum Gasteiger partial charge on any atom is 0.407 e. The largest absolute Gasteiger partial charge is 0.445 e. The molecule has 1 aliphatic heterocycles. The summed E-state index contributed by atoms with van der Waals surface area (Å²) < 4.78 is 5.16. The van der Waals surface area contributed by atoms with Gasteiger partial charge in [-0.05, 0) is 43.6 Å². The molecular formula is C13H17ClN2O2. The number of alkyl carbamates (subject to hydrolysis) is 1. The van der Waals surface area contributed by atoms with Crippen LogP contribution in [-0.2, 0) is 11.3 Å². The smallest absolute Gasteiger partial charge is 0.407 e. The lowest BCUT2D eigenvalue weighted by molar-refractivity contribution is 0.133. The minimum Gasteiger partial charge on any atom is -0.445 e. The molecule has 4 nitrogen and oxygen atoms in total. The average Bonchev–Trinajstić information content (AvgIpc) is 2.39. The van der Waals surface area contributed by atoms with Gasteiger partial charge >= 0.3 is 6.09 Å². The van der Waals surface area contributed by atoms with E-state index in [0.29, 0.717) is 5.02 Å². The summed E-state index contributed by atoms with van der Waals surface area (Å²) >= 11 is 5.78. The number of halogens is 1. The van der Waals surface area contributed by atoms with Crippen molar-refractivity contribution < 1.29 is 9.53 Å². The maximum atomic E-state index is 11.6. The number of hydrogen-bond donors (Lipinski definition) is 2. The van der Waals surface area contributed by atoms with E-state index in [1.54, 1.807) is 12.1 Å². The van der Waals surface area contributed by atoms with Crippen molar-refractivity contribution in [2.45, 2.75) is 25.5 Å². The number of rotatable bonds is 3. The van der Waals surface area contributed by atoms with Gasteiger partial charge in [0.15, 0.2) is 0 Å². The van der Waals surface area contributed by atoms with Crippen molar-refractivity contribution in [3.05, 3.63) is 34.9 Å². The summed E-state index contributed by atoms with van der Waals surface area (Å²) in [7, 11) is 0. The van der Waals surface area contributed by atoms with Gasteiger partial charge in [0.25, 0.3) is 0 Å². The van der Waals surface area contributed by atoms with E-state index in [-0.39, 0.29) is 18.7 Å². The number of carbonyl (C=O) groups excluding carboxylic acids is 1. The van der Waals surface area contributed by atoms with Gasteiger partial charge in [-0.2, -0.15) is 0 Å². The summed E-state index contributed by atoms with van der Waals surface area (Å²) in [6, 6.07) is 7.49.